The zero-order chi connectivity index (χ0) is 44.5. The zero-order valence-corrected chi connectivity index (χ0v) is 41.6. The molecule has 0 unspecified atom stereocenters. The number of hydrogen-bond donors (Lipinski definition) is 0. The molecule has 6 nitrogen and oxygen atoms in total. The van der Waals surface area contributed by atoms with Crippen molar-refractivity contribution in [2.75, 3.05) is 13.2 Å². The predicted molar refractivity (Wildman–Crippen MR) is 261 cm³/mol. The van der Waals surface area contributed by atoms with Gasteiger partial charge in [0.05, 0.1) is 0 Å². The lowest BCUT2D eigenvalue weighted by Crippen LogP contribution is -2.30. The second kappa shape index (κ2) is 49.4. The van der Waals surface area contributed by atoms with Crippen molar-refractivity contribution < 1.29 is 28.6 Å². The smallest absolute Gasteiger partial charge is 0.306 e. The molecular formula is C55H106O6. The van der Waals surface area contributed by atoms with Gasteiger partial charge in [0, 0.05) is 19.3 Å². The molecule has 0 heterocycles. The maximum atomic E-state index is 12.8. The van der Waals surface area contributed by atoms with Gasteiger partial charge in [0.2, 0.25) is 0 Å². The van der Waals surface area contributed by atoms with E-state index in [-0.39, 0.29) is 31.1 Å². The first-order chi connectivity index (χ1) is 29.9. The standard InChI is InChI=1S/C55H106O6/c1-5-7-9-11-13-15-17-19-20-21-22-23-24-26-28-30-36-40-44-48-55(58)61-52(50-60-54(57)47-43-39-35-32-31-33-37-41-45-51(3)4)49-59-53(56)46-42-38-34-29-27-25-18-16-14-12-10-8-6-2/h51-52H,5-50H2,1-4H3/t52-/m0/s1. The number of ether oxygens (including phenoxy) is 3. The molecule has 0 spiro atoms. The Morgan fingerprint density at radius 1 is 0.311 bits per heavy atom. The fraction of sp³-hybridized carbons (Fsp3) is 0.945. The lowest BCUT2D eigenvalue weighted by atomic mass is 10.0. The van der Waals surface area contributed by atoms with Crippen LogP contribution in [0.3, 0.4) is 0 Å². The van der Waals surface area contributed by atoms with Crippen molar-refractivity contribution in [3.05, 3.63) is 0 Å². The molecule has 0 bridgehead atoms. The summed E-state index contributed by atoms with van der Waals surface area (Å²) in [5.41, 5.74) is 0. The predicted octanol–water partition coefficient (Wildman–Crippen LogP) is 17.8. The zero-order valence-electron chi connectivity index (χ0n) is 41.6. The monoisotopic (exact) mass is 863 g/mol. The Bertz CT molecular complexity index is 918. The van der Waals surface area contributed by atoms with E-state index in [9.17, 15) is 14.4 Å². The summed E-state index contributed by atoms with van der Waals surface area (Å²) in [7, 11) is 0. The van der Waals surface area contributed by atoms with Crippen molar-refractivity contribution in [1.29, 1.82) is 0 Å². The molecule has 362 valence electrons. The highest BCUT2D eigenvalue weighted by Crippen LogP contribution is 2.17. The molecule has 0 aliphatic carbocycles. The summed E-state index contributed by atoms with van der Waals surface area (Å²) in [6.07, 6.45) is 52.4. The Morgan fingerprint density at radius 3 is 0.803 bits per heavy atom. The van der Waals surface area contributed by atoms with Crippen LogP contribution in [0.1, 0.15) is 310 Å². The molecule has 0 aliphatic heterocycles. The first-order valence-corrected chi connectivity index (χ1v) is 27.4. The molecule has 0 aromatic carbocycles. The fourth-order valence-corrected chi connectivity index (χ4v) is 8.39. The Morgan fingerprint density at radius 2 is 0.541 bits per heavy atom. The molecule has 0 aromatic heterocycles. The van der Waals surface area contributed by atoms with Crippen molar-refractivity contribution in [1.82, 2.24) is 0 Å². The van der Waals surface area contributed by atoms with E-state index in [1.807, 2.05) is 0 Å². The van der Waals surface area contributed by atoms with Gasteiger partial charge in [-0.1, -0.05) is 272 Å². The van der Waals surface area contributed by atoms with E-state index in [2.05, 4.69) is 27.7 Å². The topological polar surface area (TPSA) is 78.9 Å². The lowest BCUT2D eigenvalue weighted by Gasteiger charge is -2.18. The minimum absolute atomic E-state index is 0.0628. The van der Waals surface area contributed by atoms with Crippen LogP contribution in [0, 0.1) is 5.92 Å². The number of unbranched alkanes of at least 4 members (excludes halogenated alkanes) is 37. The summed E-state index contributed by atoms with van der Waals surface area (Å²) in [5, 5.41) is 0. The molecule has 0 radical (unpaired) electrons. The third kappa shape index (κ3) is 49.3. The van der Waals surface area contributed by atoms with Crippen LogP contribution in [0.25, 0.3) is 0 Å². The van der Waals surface area contributed by atoms with Gasteiger partial charge in [-0.2, -0.15) is 0 Å². The van der Waals surface area contributed by atoms with E-state index in [0.717, 1.165) is 63.7 Å². The highest BCUT2D eigenvalue weighted by atomic mass is 16.6. The van der Waals surface area contributed by atoms with Crippen LogP contribution in [-0.4, -0.2) is 37.2 Å². The van der Waals surface area contributed by atoms with Crippen LogP contribution in [-0.2, 0) is 28.6 Å². The van der Waals surface area contributed by atoms with Crippen molar-refractivity contribution in [2.45, 2.75) is 316 Å². The van der Waals surface area contributed by atoms with Crippen LogP contribution in [0.15, 0.2) is 0 Å². The van der Waals surface area contributed by atoms with Gasteiger partial charge in [0.25, 0.3) is 0 Å². The summed E-state index contributed by atoms with van der Waals surface area (Å²) < 4.78 is 16.8. The maximum Gasteiger partial charge on any atom is 0.306 e. The molecule has 0 fully saturated rings. The van der Waals surface area contributed by atoms with Gasteiger partial charge in [-0.15, -0.1) is 0 Å². The maximum absolute atomic E-state index is 12.8. The van der Waals surface area contributed by atoms with Gasteiger partial charge in [-0.05, 0) is 25.2 Å². The van der Waals surface area contributed by atoms with Gasteiger partial charge < -0.3 is 14.2 Å². The van der Waals surface area contributed by atoms with E-state index in [0.29, 0.717) is 19.3 Å². The van der Waals surface area contributed by atoms with E-state index in [4.69, 9.17) is 14.2 Å². The first kappa shape index (κ1) is 59.4. The van der Waals surface area contributed by atoms with Crippen LogP contribution >= 0.6 is 0 Å². The molecular weight excluding hydrogens is 757 g/mol. The normalized spacial score (nSPS) is 12.0. The molecule has 61 heavy (non-hydrogen) atoms. The number of rotatable bonds is 50. The minimum Gasteiger partial charge on any atom is -0.462 e. The first-order valence-electron chi connectivity index (χ1n) is 27.4. The van der Waals surface area contributed by atoms with E-state index in [1.54, 1.807) is 0 Å². The van der Waals surface area contributed by atoms with Crippen molar-refractivity contribution in [3.8, 4) is 0 Å². The van der Waals surface area contributed by atoms with Gasteiger partial charge in [-0.25, -0.2) is 0 Å². The Balaban J connectivity index is 4.26. The summed E-state index contributed by atoms with van der Waals surface area (Å²) in [6, 6.07) is 0. The summed E-state index contributed by atoms with van der Waals surface area (Å²) in [5.74, 6) is -0.0464. The Labute approximate surface area is 380 Å². The minimum atomic E-state index is -0.761. The third-order valence-corrected chi connectivity index (χ3v) is 12.5. The van der Waals surface area contributed by atoms with Gasteiger partial charge in [-0.3, -0.25) is 14.4 Å². The van der Waals surface area contributed by atoms with Crippen molar-refractivity contribution in [3.63, 3.8) is 0 Å². The van der Waals surface area contributed by atoms with Gasteiger partial charge in [0.1, 0.15) is 13.2 Å². The molecule has 0 saturated carbocycles. The average Bonchev–Trinajstić information content (AvgIpc) is 3.24. The number of carbonyl (C=O) groups excluding carboxylic acids is 3. The van der Waals surface area contributed by atoms with Crippen LogP contribution in [0.4, 0.5) is 0 Å². The molecule has 0 aromatic rings. The fourth-order valence-electron chi connectivity index (χ4n) is 8.39. The highest BCUT2D eigenvalue weighted by Gasteiger charge is 2.19. The van der Waals surface area contributed by atoms with Gasteiger partial charge in [0.15, 0.2) is 6.10 Å². The molecule has 0 aliphatic rings. The average molecular weight is 863 g/mol. The second-order valence-corrected chi connectivity index (χ2v) is 19.3. The summed E-state index contributed by atoms with van der Waals surface area (Å²) >= 11 is 0. The Kier molecular flexibility index (Phi) is 48.1. The quantitative estimate of drug-likeness (QED) is 0.0344. The molecule has 1 atom stereocenters. The molecule has 6 heteroatoms. The SMILES string of the molecule is CCCCCCCCCCCCCCCCCCCCCC(=O)O[C@@H](COC(=O)CCCCCCCCCCCCCCC)COC(=O)CCCCCCCCCCC(C)C. The summed E-state index contributed by atoms with van der Waals surface area (Å²) in [6.45, 7) is 9.01. The molecule has 0 amide bonds. The van der Waals surface area contributed by atoms with Crippen LogP contribution in [0.5, 0.6) is 0 Å². The molecule has 0 saturated heterocycles. The van der Waals surface area contributed by atoms with E-state index >= 15 is 0 Å². The summed E-state index contributed by atoms with van der Waals surface area (Å²) in [4.78, 5) is 38.0. The van der Waals surface area contributed by atoms with Crippen LogP contribution in [0.2, 0.25) is 0 Å². The van der Waals surface area contributed by atoms with Crippen molar-refractivity contribution in [2.24, 2.45) is 5.92 Å². The van der Waals surface area contributed by atoms with Gasteiger partial charge >= 0.3 is 17.9 Å². The Hall–Kier alpha value is -1.59. The lowest BCUT2D eigenvalue weighted by molar-refractivity contribution is -0.167. The van der Waals surface area contributed by atoms with Crippen molar-refractivity contribution >= 4 is 17.9 Å². The second-order valence-electron chi connectivity index (χ2n) is 19.3. The molecule has 0 rings (SSSR count). The van der Waals surface area contributed by atoms with Crippen LogP contribution < -0.4 is 0 Å². The van der Waals surface area contributed by atoms with E-state index in [1.165, 1.54) is 205 Å². The molecule has 0 N–H and O–H groups in total. The number of esters is 3. The largest absolute Gasteiger partial charge is 0.462 e. The highest BCUT2D eigenvalue weighted by molar-refractivity contribution is 5.71. The number of hydrogen-bond acceptors (Lipinski definition) is 6. The third-order valence-electron chi connectivity index (χ3n) is 12.5. The van der Waals surface area contributed by atoms with E-state index < -0.39 is 6.10 Å². The number of carbonyl (C=O) groups is 3.